The molecule has 0 saturated carbocycles. The first-order chi connectivity index (χ1) is 9.10. The number of hydrogen-bond acceptors (Lipinski definition) is 2. The van der Waals surface area contributed by atoms with Gasteiger partial charge >= 0.3 is 0 Å². The highest BCUT2D eigenvalue weighted by Crippen LogP contribution is 2.34. The predicted octanol–water partition coefficient (Wildman–Crippen LogP) is 5.60. The monoisotopic (exact) mass is 312 g/mol. The van der Waals surface area contributed by atoms with Gasteiger partial charge in [0, 0.05) is 15.7 Å². The molecule has 2 aromatic rings. The van der Waals surface area contributed by atoms with Gasteiger partial charge in [-0.25, -0.2) is 0 Å². The summed E-state index contributed by atoms with van der Waals surface area (Å²) in [5.74, 6) is 1.72. The molecule has 0 aliphatic carbocycles. The first-order valence-corrected chi connectivity index (χ1v) is 7.55. The van der Waals surface area contributed by atoms with E-state index in [9.17, 15) is 0 Å². The van der Waals surface area contributed by atoms with E-state index in [-0.39, 0.29) is 0 Å². The number of thioether (sulfide) groups is 1. The van der Waals surface area contributed by atoms with Crippen LogP contribution in [0.4, 0.5) is 0 Å². The molecule has 100 valence electrons. The zero-order valence-electron chi connectivity index (χ0n) is 10.7. The van der Waals surface area contributed by atoms with E-state index in [2.05, 4.69) is 12.1 Å². The van der Waals surface area contributed by atoms with Gasteiger partial charge in [-0.1, -0.05) is 35.3 Å². The van der Waals surface area contributed by atoms with Crippen LogP contribution in [0.25, 0.3) is 0 Å². The van der Waals surface area contributed by atoms with Gasteiger partial charge in [0.25, 0.3) is 0 Å². The van der Waals surface area contributed by atoms with Crippen molar-refractivity contribution in [2.75, 3.05) is 7.11 Å². The van der Waals surface area contributed by atoms with E-state index in [1.54, 1.807) is 18.9 Å². The molecule has 0 radical (unpaired) electrons. The van der Waals surface area contributed by atoms with Crippen LogP contribution in [0.1, 0.15) is 11.1 Å². The van der Waals surface area contributed by atoms with E-state index in [1.807, 2.05) is 31.2 Å². The van der Waals surface area contributed by atoms with Crippen LogP contribution in [0.5, 0.6) is 5.75 Å². The molecule has 0 aliphatic rings. The molecule has 2 rings (SSSR count). The van der Waals surface area contributed by atoms with Crippen LogP contribution >= 0.6 is 35.0 Å². The summed E-state index contributed by atoms with van der Waals surface area (Å²) in [5, 5.41) is 1.50. The van der Waals surface area contributed by atoms with Crippen LogP contribution in [-0.2, 0) is 5.75 Å². The number of aryl methyl sites for hydroxylation is 1. The second-order valence-corrected chi connectivity index (χ2v) is 6.00. The Hall–Kier alpha value is -0.830. The van der Waals surface area contributed by atoms with Gasteiger partial charge in [0.1, 0.15) is 5.75 Å². The number of halogens is 2. The van der Waals surface area contributed by atoms with E-state index in [1.165, 1.54) is 5.56 Å². The molecule has 4 heteroatoms. The zero-order valence-corrected chi connectivity index (χ0v) is 13.1. The Morgan fingerprint density at radius 1 is 1.11 bits per heavy atom. The van der Waals surface area contributed by atoms with Crippen molar-refractivity contribution in [3.8, 4) is 5.75 Å². The van der Waals surface area contributed by atoms with Crippen LogP contribution in [0, 0.1) is 6.92 Å². The minimum atomic E-state index is 0.721. The largest absolute Gasteiger partial charge is 0.497 e. The fourth-order valence-corrected chi connectivity index (χ4v) is 3.31. The normalized spacial score (nSPS) is 10.5. The van der Waals surface area contributed by atoms with E-state index in [0.717, 1.165) is 32.0 Å². The molecule has 1 nitrogen and oxygen atoms in total. The quantitative estimate of drug-likeness (QED) is 0.679. The molecule has 0 aliphatic heterocycles. The smallest absolute Gasteiger partial charge is 0.118 e. The SMILES string of the molecule is COc1ccc(CSc2cc(Cl)cc(C)c2Cl)cc1. The van der Waals surface area contributed by atoms with E-state index in [0.29, 0.717) is 0 Å². The third-order valence-corrected chi connectivity index (χ3v) is 4.68. The van der Waals surface area contributed by atoms with Crippen molar-refractivity contribution in [3.63, 3.8) is 0 Å². The molecule has 0 saturated heterocycles. The van der Waals surface area contributed by atoms with E-state index in [4.69, 9.17) is 27.9 Å². The lowest BCUT2D eigenvalue weighted by molar-refractivity contribution is 0.414. The molecule has 19 heavy (non-hydrogen) atoms. The van der Waals surface area contributed by atoms with Crippen LogP contribution in [0.15, 0.2) is 41.3 Å². The average Bonchev–Trinajstić information content (AvgIpc) is 2.41. The summed E-state index contributed by atoms with van der Waals surface area (Å²) in [6.07, 6.45) is 0. The van der Waals surface area contributed by atoms with Gasteiger partial charge in [-0.2, -0.15) is 0 Å². The van der Waals surface area contributed by atoms with E-state index >= 15 is 0 Å². The fourth-order valence-electron chi connectivity index (χ4n) is 1.68. The maximum Gasteiger partial charge on any atom is 0.118 e. The van der Waals surface area contributed by atoms with Crippen molar-refractivity contribution in [2.45, 2.75) is 17.6 Å². The van der Waals surface area contributed by atoms with Crippen LogP contribution in [0.3, 0.4) is 0 Å². The van der Waals surface area contributed by atoms with Crippen LogP contribution in [-0.4, -0.2) is 7.11 Å². The topological polar surface area (TPSA) is 9.23 Å². The van der Waals surface area contributed by atoms with Crippen molar-refractivity contribution >= 4 is 35.0 Å². The average molecular weight is 313 g/mol. The van der Waals surface area contributed by atoms with Crippen molar-refractivity contribution in [2.24, 2.45) is 0 Å². The minimum Gasteiger partial charge on any atom is -0.497 e. The van der Waals surface area contributed by atoms with Crippen LogP contribution in [0.2, 0.25) is 10.0 Å². The lowest BCUT2D eigenvalue weighted by Crippen LogP contribution is -1.86. The minimum absolute atomic E-state index is 0.721. The van der Waals surface area contributed by atoms with Crippen molar-refractivity contribution in [1.82, 2.24) is 0 Å². The Kier molecular flexibility index (Phi) is 5.03. The maximum atomic E-state index is 6.28. The summed E-state index contributed by atoms with van der Waals surface area (Å²) in [7, 11) is 1.66. The lowest BCUT2D eigenvalue weighted by atomic mass is 10.2. The molecule has 0 N–H and O–H groups in total. The number of methoxy groups -OCH3 is 1. The first kappa shape index (κ1) is 14.6. The highest BCUT2D eigenvalue weighted by molar-refractivity contribution is 7.98. The summed E-state index contributed by atoms with van der Waals surface area (Å²) in [4.78, 5) is 1.02. The molecule has 0 spiro atoms. The number of hydrogen-bond donors (Lipinski definition) is 0. The Morgan fingerprint density at radius 2 is 1.79 bits per heavy atom. The lowest BCUT2D eigenvalue weighted by Gasteiger charge is -2.08. The Balaban J connectivity index is 2.09. The second kappa shape index (κ2) is 6.56. The second-order valence-electron chi connectivity index (χ2n) is 4.17. The number of rotatable bonds is 4. The summed E-state index contributed by atoms with van der Waals surface area (Å²) in [6.45, 7) is 1.96. The molecule has 0 atom stereocenters. The fraction of sp³-hybridized carbons (Fsp3) is 0.200. The zero-order chi connectivity index (χ0) is 13.8. The number of ether oxygens (including phenoxy) is 1. The highest BCUT2D eigenvalue weighted by Gasteiger charge is 2.06. The molecule has 2 aromatic carbocycles. The maximum absolute atomic E-state index is 6.28. The third kappa shape index (κ3) is 3.82. The predicted molar refractivity (Wildman–Crippen MR) is 83.8 cm³/mol. The van der Waals surface area contributed by atoms with Gasteiger partial charge in [-0.3, -0.25) is 0 Å². The van der Waals surface area contributed by atoms with Crippen LogP contribution < -0.4 is 4.74 Å². The van der Waals surface area contributed by atoms with Gasteiger partial charge in [-0.05, 0) is 42.3 Å². The molecule has 0 aromatic heterocycles. The Bertz CT molecular complexity index is 567. The standard InChI is InChI=1S/C15H14Cl2OS/c1-10-7-12(16)8-14(15(10)17)19-9-11-3-5-13(18-2)6-4-11/h3-8H,9H2,1-2H3. The van der Waals surface area contributed by atoms with Gasteiger partial charge in [0.2, 0.25) is 0 Å². The van der Waals surface area contributed by atoms with E-state index < -0.39 is 0 Å². The van der Waals surface area contributed by atoms with Crippen molar-refractivity contribution in [3.05, 3.63) is 57.6 Å². The molecule has 0 fully saturated rings. The third-order valence-electron chi connectivity index (χ3n) is 2.74. The first-order valence-electron chi connectivity index (χ1n) is 5.81. The molecule has 0 amide bonds. The summed E-state index contributed by atoms with van der Waals surface area (Å²) in [5.41, 5.74) is 2.23. The van der Waals surface area contributed by atoms with Gasteiger partial charge in [0.15, 0.2) is 0 Å². The summed E-state index contributed by atoms with van der Waals surface area (Å²) >= 11 is 14.0. The Morgan fingerprint density at radius 3 is 2.42 bits per heavy atom. The van der Waals surface area contributed by atoms with Gasteiger partial charge < -0.3 is 4.74 Å². The Labute approximate surface area is 127 Å². The molecule has 0 bridgehead atoms. The van der Waals surface area contributed by atoms with Crippen molar-refractivity contribution in [1.29, 1.82) is 0 Å². The van der Waals surface area contributed by atoms with Gasteiger partial charge in [0.05, 0.1) is 12.1 Å². The molecular weight excluding hydrogens is 299 g/mol. The summed E-state index contributed by atoms with van der Waals surface area (Å²) in [6, 6.07) is 11.8. The highest BCUT2D eigenvalue weighted by atomic mass is 35.5. The van der Waals surface area contributed by atoms with Crippen molar-refractivity contribution < 1.29 is 4.74 Å². The molecule has 0 heterocycles. The molecule has 0 unspecified atom stereocenters. The molecular formula is C15H14Cl2OS. The van der Waals surface area contributed by atoms with Gasteiger partial charge in [-0.15, -0.1) is 11.8 Å². The summed E-state index contributed by atoms with van der Waals surface area (Å²) < 4.78 is 5.14. The number of benzene rings is 2.